The van der Waals surface area contributed by atoms with Gasteiger partial charge in [-0.3, -0.25) is 0 Å². The van der Waals surface area contributed by atoms with Crippen LogP contribution < -0.4 is 0 Å². The lowest BCUT2D eigenvalue weighted by Gasteiger charge is -2.24. The lowest BCUT2D eigenvalue weighted by atomic mass is 10.2. The van der Waals surface area contributed by atoms with Gasteiger partial charge in [0.15, 0.2) is 7.38 Å². The van der Waals surface area contributed by atoms with Crippen LogP contribution in [0.25, 0.3) is 0 Å². The summed E-state index contributed by atoms with van der Waals surface area (Å²) in [4.78, 5) is 0. The molecule has 0 saturated carbocycles. The lowest BCUT2D eigenvalue weighted by molar-refractivity contribution is 0.693. The van der Waals surface area contributed by atoms with Crippen LogP contribution in [-0.4, -0.2) is 7.38 Å². The highest BCUT2D eigenvalue weighted by Gasteiger charge is 2.28. The molecule has 0 radical (unpaired) electrons. The molecule has 0 N–H and O–H groups in total. The summed E-state index contributed by atoms with van der Waals surface area (Å²) in [6.45, 7) is 6.84. The van der Waals surface area contributed by atoms with E-state index >= 15 is 0 Å². The van der Waals surface area contributed by atoms with Crippen molar-refractivity contribution in [1.29, 1.82) is 0 Å². The predicted octanol–water partition coefficient (Wildman–Crippen LogP) is 6.35. The van der Waals surface area contributed by atoms with Crippen LogP contribution in [0.4, 0.5) is 0 Å². The molecule has 0 aliphatic rings. The van der Waals surface area contributed by atoms with Crippen molar-refractivity contribution < 1.29 is 0 Å². The second kappa shape index (κ2) is 10.6. The normalized spacial score (nSPS) is 12.0. The zero-order valence-corrected chi connectivity index (χ0v) is 13.4. The third kappa shape index (κ3) is 8.64. The summed E-state index contributed by atoms with van der Waals surface area (Å²) in [6, 6.07) is 4.09. The van der Waals surface area contributed by atoms with E-state index < -0.39 is 7.38 Å². The van der Waals surface area contributed by atoms with Gasteiger partial charge in [-0.25, -0.2) is 0 Å². The Bertz CT molecular complexity index is 140. The molecule has 0 aromatic heterocycles. The van der Waals surface area contributed by atoms with Crippen LogP contribution in [0.3, 0.4) is 0 Å². The average molecular weight is 263 g/mol. The molecular weight excluding hydrogens is 232 g/mol. The maximum Gasteiger partial charge on any atom is 0.156 e. The van der Waals surface area contributed by atoms with Crippen LogP contribution in [0.1, 0.15) is 72.1 Å². The van der Waals surface area contributed by atoms with Gasteiger partial charge in [-0.1, -0.05) is 72.1 Å². The molecule has 0 heterocycles. The first-order valence-electron chi connectivity index (χ1n) is 7.37. The summed E-state index contributed by atoms with van der Waals surface area (Å²) < 4.78 is 0. The minimum atomic E-state index is -1.37. The zero-order valence-electron chi connectivity index (χ0n) is 11.7. The molecule has 0 bridgehead atoms. The Kier molecular flexibility index (Phi) is 11.0. The van der Waals surface area contributed by atoms with E-state index in [9.17, 15) is 0 Å². The summed E-state index contributed by atoms with van der Waals surface area (Å²) in [6.07, 6.45) is 10.8. The average Bonchev–Trinajstić information content (AvgIpc) is 2.30. The first-order valence-corrected chi connectivity index (χ1v) is 11.0. The fraction of sp³-hybridized carbons (Fsp3) is 1.00. The summed E-state index contributed by atoms with van der Waals surface area (Å²) in [5.74, 6) is 0. The van der Waals surface area contributed by atoms with Crippen molar-refractivity contribution in [2.24, 2.45) is 0 Å². The molecule has 0 fully saturated rings. The number of hydrogen-bond donors (Lipinski definition) is 0. The van der Waals surface area contributed by atoms with Crippen LogP contribution in [-0.2, 0) is 0 Å². The van der Waals surface area contributed by atoms with Crippen LogP contribution in [0.15, 0.2) is 0 Å². The molecule has 0 spiro atoms. The van der Waals surface area contributed by atoms with Crippen molar-refractivity contribution >= 4 is 18.5 Å². The lowest BCUT2D eigenvalue weighted by Crippen LogP contribution is -2.26. The molecule has 98 valence electrons. The Morgan fingerprint density at radius 1 is 0.625 bits per heavy atom. The van der Waals surface area contributed by atoms with Crippen molar-refractivity contribution in [3.05, 3.63) is 0 Å². The van der Waals surface area contributed by atoms with Crippen molar-refractivity contribution in [1.82, 2.24) is 0 Å². The molecule has 0 aromatic carbocycles. The summed E-state index contributed by atoms with van der Waals surface area (Å²) in [7, 11) is -1.37. The molecule has 0 amide bonds. The second-order valence-corrected chi connectivity index (χ2v) is 11.4. The van der Waals surface area contributed by atoms with E-state index in [2.05, 4.69) is 20.8 Å². The first kappa shape index (κ1) is 16.5. The molecule has 0 aliphatic heterocycles. The molecule has 0 aromatic rings. The fourth-order valence-electron chi connectivity index (χ4n) is 2.23. The minimum Gasteiger partial charge on any atom is -0.167 e. The molecule has 0 saturated heterocycles. The van der Waals surface area contributed by atoms with E-state index in [-0.39, 0.29) is 0 Å². The SMILES string of the molecule is CCCCCC[Si](Cl)(CCCC)CCCC. The van der Waals surface area contributed by atoms with Gasteiger partial charge in [0.1, 0.15) is 0 Å². The Morgan fingerprint density at radius 3 is 1.50 bits per heavy atom. The van der Waals surface area contributed by atoms with E-state index in [0.29, 0.717) is 0 Å². The van der Waals surface area contributed by atoms with Crippen LogP contribution >= 0.6 is 11.1 Å². The van der Waals surface area contributed by atoms with Crippen LogP contribution in [0.5, 0.6) is 0 Å². The number of rotatable bonds is 11. The molecule has 0 nitrogen and oxygen atoms in total. The Morgan fingerprint density at radius 2 is 1.06 bits per heavy atom. The standard InChI is InChI=1S/C14H31ClSi/c1-4-7-10-11-14-16(15,12-8-5-2)13-9-6-3/h4-14H2,1-3H3. The topological polar surface area (TPSA) is 0 Å². The third-order valence-corrected chi connectivity index (χ3v) is 8.88. The second-order valence-electron chi connectivity index (χ2n) is 5.17. The van der Waals surface area contributed by atoms with E-state index in [0.717, 1.165) is 0 Å². The third-order valence-electron chi connectivity index (χ3n) is 3.44. The highest BCUT2D eigenvalue weighted by molar-refractivity contribution is 7.20. The van der Waals surface area contributed by atoms with Gasteiger partial charge in [-0.15, -0.1) is 0 Å². The largest absolute Gasteiger partial charge is 0.167 e. The van der Waals surface area contributed by atoms with E-state index in [1.807, 2.05) is 0 Å². The van der Waals surface area contributed by atoms with E-state index in [1.165, 1.54) is 69.5 Å². The summed E-state index contributed by atoms with van der Waals surface area (Å²) in [5, 5.41) is 0. The van der Waals surface area contributed by atoms with Gasteiger partial charge in [0.05, 0.1) is 0 Å². The van der Waals surface area contributed by atoms with Crippen molar-refractivity contribution in [2.45, 2.75) is 90.3 Å². The monoisotopic (exact) mass is 262 g/mol. The molecule has 0 aliphatic carbocycles. The molecule has 0 rings (SSSR count). The number of halogens is 1. The molecule has 16 heavy (non-hydrogen) atoms. The van der Waals surface area contributed by atoms with Gasteiger partial charge in [0.25, 0.3) is 0 Å². The van der Waals surface area contributed by atoms with E-state index in [1.54, 1.807) is 0 Å². The van der Waals surface area contributed by atoms with Gasteiger partial charge in [-0.05, 0) is 18.1 Å². The van der Waals surface area contributed by atoms with Crippen molar-refractivity contribution in [3.8, 4) is 0 Å². The molecular formula is C14H31ClSi. The Labute approximate surface area is 109 Å². The van der Waals surface area contributed by atoms with Crippen molar-refractivity contribution in [3.63, 3.8) is 0 Å². The number of hydrogen-bond acceptors (Lipinski definition) is 0. The number of unbranched alkanes of at least 4 members (excludes halogenated alkanes) is 5. The van der Waals surface area contributed by atoms with Gasteiger partial charge < -0.3 is 0 Å². The molecule has 0 atom stereocenters. The van der Waals surface area contributed by atoms with Gasteiger partial charge in [-0.2, -0.15) is 11.1 Å². The maximum absolute atomic E-state index is 6.91. The smallest absolute Gasteiger partial charge is 0.156 e. The quantitative estimate of drug-likeness (QED) is 0.231. The summed E-state index contributed by atoms with van der Waals surface area (Å²) >= 11 is 6.91. The van der Waals surface area contributed by atoms with Gasteiger partial charge in [0.2, 0.25) is 0 Å². The van der Waals surface area contributed by atoms with Crippen LogP contribution in [0, 0.1) is 0 Å². The summed E-state index contributed by atoms with van der Waals surface area (Å²) in [5.41, 5.74) is 0. The predicted molar refractivity (Wildman–Crippen MR) is 80.0 cm³/mol. The molecule has 0 unspecified atom stereocenters. The Hall–Kier alpha value is 0.507. The van der Waals surface area contributed by atoms with Gasteiger partial charge >= 0.3 is 0 Å². The van der Waals surface area contributed by atoms with Gasteiger partial charge in [0, 0.05) is 0 Å². The fourth-order valence-corrected chi connectivity index (χ4v) is 7.04. The maximum atomic E-state index is 6.91. The Balaban J connectivity index is 3.86. The van der Waals surface area contributed by atoms with Crippen molar-refractivity contribution in [2.75, 3.05) is 0 Å². The van der Waals surface area contributed by atoms with Crippen LogP contribution in [0.2, 0.25) is 18.1 Å². The zero-order chi connectivity index (χ0) is 12.3. The highest BCUT2D eigenvalue weighted by Crippen LogP contribution is 2.32. The molecule has 2 heteroatoms. The highest BCUT2D eigenvalue weighted by atomic mass is 35.6. The first-order chi connectivity index (χ1) is 7.68. The van der Waals surface area contributed by atoms with E-state index in [4.69, 9.17) is 11.1 Å². The minimum absolute atomic E-state index is 1.31.